The zero-order valence-corrected chi connectivity index (χ0v) is 13.5. The molecule has 0 saturated carbocycles. The lowest BCUT2D eigenvalue weighted by atomic mass is 10.3. The van der Waals surface area contributed by atoms with Crippen LogP contribution in [0.5, 0.6) is 5.75 Å². The Morgan fingerprint density at radius 1 is 1.27 bits per heavy atom. The van der Waals surface area contributed by atoms with Gasteiger partial charge in [-0.2, -0.15) is 0 Å². The van der Waals surface area contributed by atoms with Crippen LogP contribution in [0.3, 0.4) is 0 Å². The molecule has 118 valence electrons. The quantitative estimate of drug-likeness (QED) is 0.791. The molecule has 1 fully saturated rings. The fraction of sp³-hybridized carbons (Fsp3) is 0.471. The Labute approximate surface area is 131 Å². The van der Waals surface area contributed by atoms with Crippen LogP contribution in [0.15, 0.2) is 30.9 Å². The molecule has 1 aliphatic heterocycles. The second-order valence-electron chi connectivity index (χ2n) is 5.86. The number of rotatable bonds is 5. The number of fused-ring (bicyclic) bond motifs is 1. The number of hydrogen-bond acceptors (Lipinski definition) is 4. The number of piperazine rings is 1. The van der Waals surface area contributed by atoms with Gasteiger partial charge in [0.1, 0.15) is 11.6 Å². The van der Waals surface area contributed by atoms with E-state index in [1.54, 1.807) is 7.11 Å². The minimum Gasteiger partial charge on any atom is -0.497 e. The van der Waals surface area contributed by atoms with Gasteiger partial charge in [-0.25, -0.2) is 4.98 Å². The molecular weight excluding hydrogens is 276 g/mol. The third-order valence-electron chi connectivity index (χ3n) is 4.31. The Morgan fingerprint density at radius 3 is 2.73 bits per heavy atom. The van der Waals surface area contributed by atoms with Crippen LogP contribution in [-0.4, -0.2) is 59.7 Å². The van der Waals surface area contributed by atoms with Crippen molar-refractivity contribution in [3.8, 4) is 5.75 Å². The summed E-state index contributed by atoms with van der Waals surface area (Å²) in [6.45, 7) is 9.98. The molecule has 3 rings (SSSR count). The van der Waals surface area contributed by atoms with Crippen molar-refractivity contribution in [2.24, 2.45) is 0 Å². The Bertz CT molecular complexity index is 656. The summed E-state index contributed by atoms with van der Waals surface area (Å²) in [7, 11) is 3.86. The molecule has 5 heteroatoms. The van der Waals surface area contributed by atoms with Crippen LogP contribution in [0.1, 0.15) is 5.82 Å². The first-order chi connectivity index (χ1) is 10.7. The highest BCUT2D eigenvalue weighted by Crippen LogP contribution is 2.23. The smallest absolute Gasteiger partial charge is 0.124 e. The van der Waals surface area contributed by atoms with E-state index < -0.39 is 0 Å². The molecule has 0 spiro atoms. The Morgan fingerprint density at radius 2 is 2.05 bits per heavy atom. The largest absolute Gasteiger partial charge is 0.497 e. The van der Waals surface area contributed by atoms with Crippen molar-refractivity contribution in [3.63, 3.8) is 0 Å². The lowest BCUT2D eigenvalue weighted by Gasteiger charge is -2.32. The summed E-state index contributed by atoms with van der Waals surface area (Å²) in [5, 5.41) is 0. The van der Waals surface area contributed by atoms with Crippen LogP contribution in [0.25, 0.3) is 11.0 Å². The van der Waals surface area contributed by atoms with E-state index in [1.807, 2.05) is 18.2 Å². The van der Waals surface area contributed by atoms with Gasteiger partial charge in [0.25, 0.3) is 0 Å². The van der Waals surface area contributed by atoms with Crippen LogP contribution in [0, 0.1) is 0 Å². The second kappa shape index (κ2) is 6.50. The molecule has 1 aromatic carbocycles. The van der Waals surface area contributed by atoms with Crippen LogP contribution < -0.4 is 4.74 Å². The number of methoxy groups -OCH3 is 1. The molecule has 0 unspecified atom stereocenters. The normalized spacial score (nSPS) is 17.0. The molecule has 0 bridgehead atoms. The molecule has 1 saturated heterocycles. The molecule has 0 aliphatic carbocycles. The van der Waals surface area contributed by atoms with Crippen LogP contribution in [0.4, 0.5) is 0 Å². The van der Waals surface area contributed by atoms with Crippen molar-refractivity contribution < 1.29 is 4.74 Å². The predicted molar refractivity (Wildman–Crippen MR) is 89.3 cm³/mol. The SMILES string of the molecule is C=CCn1c(CN2CCN(C)CC2)nc2cc(OC)ccc21. The number of imidazole rings is 1. The van der Waals surface area contributed by atoms with E-state index in [0.717, 1.165) is 61.9 Å². The predicted octanol–water partition coefficient (Wildman–Crippen LogP) is 1.98. The zero-order valence-electron chi connectivity index (χ0n) is 13.5. The lowest BCUT2D eigenvalue weighted by Crippen LogP contribution is -2.44. The summed E-state index contributed by atoms with van der Waals surface area (Å²) in [5.41, 5.74) is 2.13. The summed E-state index contributed by atoms with van der Waals surface area (Å²) in [6.07, 6.45) is 1.93. The van der Waals surface area contributed by atoms with Gasteiger partial charge in [-0.3, -0.25) is 4.90 Å². The highest BCUT2D eigenvalue weighted by molar-refractivity contribution is 5.77. The van der Waals surface area contributed by atoms with Gasteiger partial charge in [0.05, 0.1) is 24.7 Å². The Kier molecular flexibility index (Phi) is 4.45. The average molecular weight is 300 g/mol. The van der Waals surface area contributed by atoms with E-state index in [9.17, 15) is 0 Å². The Balaban J connectivity index is 1.89. The number of hydrogen-bond donors (Lipinski definition) is 0. The van der Waals surface area contributed by atoms with E-state index >= 15 is 0 Å². The second-order valence-corrected chi connectivity index (χ2v) is 5.86. The van der Waals surface area contributed by atoms with Crippen molar-refractivity contribution in [1.82, 2.24) is 19.4 Å². The topological polar surface area (TPSA) is 33.5 Å². The molecular formula is C17H24N4O. The first-order valence-corrected chi connectivity index (χ1v) is 7.76. The molecule has 0 radical (unpaired) electrons. The van der Waals surface area contributed by atoms with Gasteiger partial charge in [0, 0.05) is 38.8 Å². The fourth-order valence-electron chi connectivity index (χ4n) is 2.95. The first kappa shape index (κ1) is 15.1. The van der Waals surface area contributed by atoms with E-state index in [1.165, 1.54) is 0 Å². The van der Waals surface area contributed by atoms with Gasteiger partial charge < -0.3 is 14.2 Å². The third kappa shape index (κ3) is 3.00. The molecule has 5 nitrogen and oxygen atoms in total. The summed E-state index contributed by atoms with van der Waals surface area (Å²) >= 11 is 0. The monoisotopic (exact) mass is 300 g/mol. The molecule has 0 atom stereocenters. The van der Waals surface area contributed by atoms with Gasteiger partial charge in [-0.15, -0.1) is 6.58 Å². The highest BCUT2D eigenvalue weighted by Gasteiger charge is 2.18. The maximum atomic E-state index is 5.31. The fourth-order valence-corrected chi connectivity index (χ4v) is 2.95. The van der Waals surface area contributed by atoms with Crippen molar-refractivity contribution in [2.45, 2.75) is 13.1 Å². The Hall–Kier alpha value is -1.85. The maximum absolute atomic E-state index is 5.31. The van der Waals surface area contributed by atoms with Gasteiger partial charge in [-0.05, 0) is 19.2 Å². The summed E-state index contributed by atoms with van der Waals surface area (Å²) in [4.78, 5) is 9.67. The van der Waals surface area contributed by atoms with Crippen molar-refractivity contribution in [1.29, 1.82) is 0 Å². The number of aromatic nitrogens is 2. The summed E-state index contributed by atoms with van der Waals surface area (Å²) in [5.74, 6) is 1.95. The first-order valence-electron chi connectivity index (χ1n) is 7.76. The van der Waals surface area contributed by atoms with Gasteiger partial charge >= 0.3 is 0 Å². The van der Waals surface area contributed by atoms with E-state index in [4.69, 9.17) is 9.72 Å². The van der Waals surface area contributed by atoms with E-state index in [2.05, 4.69) is 34.1 Å². The maximum Gasteiger partial charge on any atom is 0.124 e. The average Bonchev–Trinajstić information content (AvgIpc) is 2.87. The molecule has 1 aromatic heterocycles. The number of nitrogens with zero attached hydrogens (tertiary/aromatic N) is 4. The van der Waals surface area contributed by atoms with Crippen molar-refractivity contribution >= 4 is 11.0 Å². The lowest BCUT2D eigenvalue weighted by molar-refractivity contribution is 0.144. The number of allylic oxidation sites excluding steroid dienone is 1. The standard InChI is InChI=1S/C17H24N4O/c1-4-7-21-16-6-5-14(22-3)12-15(16)18-17(21)13-20-10-8-19(2)9-11-20/h4-6,12H,1,7-11,13H2,2-3H3. The third-order valence-corrected chi connectivity index (χ3v) is 4.31. The van der Waals surface area contributed by atoms with Crippen LogP contribution in [-0.2, 0) is 13.1 Å². The van der Waals surface area contributed by atoms with Gasteiger partial charge in [-0.1, -0.05) is 6.08 Å². The molecule has 0 N–H and O–H groups in total. The van der Waals surface area contributed by atoms with Crippen LogP contribution >= 0.6 is 0 Å². The highest BCUT2D eigenvalue weighted by atomic mass is 16.5. The molecule has 2 heterocycles. The number of benzene rings is 1. The van der Waals surface area contributed by atoms with Crippen molar-refractivity contribution in [3.05, 3.63) is 36.7 Å². The van der Waals surface area contributed by atoms with E-state index in [0.29, 0.717) is 0 Å². The zero-order chi connectivity index (χ0) is 15.5. The minimum absolute atomic E-state index is 0.784. The summed E-state index contributed by atoms with van der Waals surface area (Å²) in [6, 6.07) is 6.07. The number of ether oxygens (including phenoxy) is 1. The molecule has 2 aromatic rings. The number of likely N-dealkylation sites (N-methyl/N-ethyl adjacent to an activating group) is 1. The van der Waals surface area contributed by atoms with Crippen molar-refractivity contribution in [2.75, 3.05) is 40.3 Å². The van der Waals surface area contributed by atoms with Crippen LogP contribution in [0.2, 0.25) is 0 Å². The minimum atomic E-state index is 0.784. The summed E-state index contributed by atoms with van der Waals surface area (Å²) < 4.78 is 7.56. The molecule has 0 amide bonds. The molecule has 22 heavy (non-hydrogen) atoms. The van der Waals surface area contributed by atoms with Gasteiger partial charge in [0.2, 0.25) is 0 Å². The van der Waals surface area contributed by atoms with Gasteiger partial charge in [0.15, 0.2) is 0 Å². The van der Waals surface area contributed by atoms with E-state index in [-0.39, 0.29) is 0 Å². The molecule has 1 aliphatic rings.